The first-order chi connectivity index (χ1) is 8.58. The third-order valence-corrected chi connectivity index (χ3v) is 4.04. The maximum atomic E-state index is 14.0. The van der Waals surface area contributed by atoms with Gasteiger partial charge in [-0.15, -0.1) is 0 Å². The van der Waals surface area contributed by atoms with E-state index in [1.165, 1.54) is 12.1 Å². The lowest BCUT2D eigenvalue weighted by Crippen LogP contribution is -2.35. The maximum absolute atomic E-state index is 14.0. The molecule has 0 saturated carbocycles. The van der Waals surface area contributed by atoms with Crippen LogP contribution in [0.3, 0.4) is 0 Å². The molecule has 5 heteroatoms. The van der Waals surface area contributed by atoms with Crippen LogP contribution in [0.5, 0.6) is 0 Å². The number of hydrogen-bond acceptors (Lipinski definition) is 2. The van der Waals surface area contributed by atoms with Gasteiger partial charge in [0.1, 0.15) is 11.6 Å². The predicted molar refractivity (Wildman–Crippen MR) is 69.6 cm³/mol. The summed E-state index contributed by atoms with van der Waals surface area (Å²) in [5, 5.41) is 3.09. The van der Waals surface area contributed by atoms with Crippen LogP contribution >= 0.6 is 15.9 Å². The van der Waals surface area contributed by atoms with E-state index in [9.17, 15) is 8.78 Å². The molecule has 18 heavy (non-hydrogen) atoms. The molecule has 0 bridgehead atoms. The number of halogens is 3. The topological polar surface area (TPSA) is 21.3 Å². The van der Waals surface area contributed by atoms with Crippen molar-refractivity contribution < 1.29 is 13.5 Å². The van der Waals surface area contributed by atoms with Gasteiger partial charge in [-0.3, -0.25) is 0 Å². The zero-order valence-electron chi connectivity index (χ0n) is 10.2. The molecule has 0 aliphatic carbocycles. The number of benzene rings is 1. The second kappa shape index (κ2) is 5.63. The van der Waals surface area contributed by atoms with E-state index in [4.69, 9.17) is 4.74 Å². The molecule has 1 fully saturated rings. The van der Waals surface area contributed by atoms with Gasteiger partial charge in [0.05, 0.1) is 11.1 Å². The van der Waals surface area contributed by atoms with Crippen molar-refractivity contribution in [3.8, 4) is 0 Å². The lowest BCUT2D eigenvalue weighted by molar-refractivity contribution is 0.149. The minimum Gasteiger partial charge on any atom is -0.381 e. The Kier molecular flexibility index (Phi) is 4.35. The molecule has 1 saturated heterocycles. The zero-order chi connectivity index (χ0) is 13.2. The van der Waals surface area contributed by atoms with Crippen molar-refractivity contribution in [2.45, 2.75) is 12.8 Å². The minimum absolute atomic E-state index is 0.144. The molecule has 0 amide bonds. The Morgan fingerprint density at radius 3 is 2.83 bits per heavy atom. The third-order valence-electron chi connectivity index (χ3n) is 3.43. The fraction of sp³-hybridized carbons (Fsp3) is 0.538. The van der Waals surface area contributed by atoms with Crippen LogP contribution < -0.4 is 5.32 Å². The maximum Gasteiger partial charge on any atom is 0.143 e. The average molecular weight is 320 g/mol. The largest absolute Gasteiger partial charge is 0.381 e. The van der Waals surface area contributed by atoms with E-state index in [0.717, 1.165) is 6.42 Å². The molecule has 0 radical (unpaired) electrons. The van der Waals surface area contributed by atoms with E-state index < -0.39 is 11.6 Å². The van der Waals surface area contributed by atoms with Crippen LogP contribution in [-0.2, 0) is 11.2 Å². The Bertz CT molecular complexity index is 433. The summed E-state index contributed by atoms with van der Waals surface area (Å²) >= 11 is 3.10. The van der Waals surface area contributed by atoms with Crippen molar-refractivity contribution in [1.82, 2.24) is 5.32 Å². The molecule has 1 N–H and O–H groups in total. The van der Waals surface area contributed by atoms with Crippen LogP contribution in [-0.4, -0.2) is 26.8 Å². The number of rotatable bonds is 4. The molecule has 100 valence electrons. The number of ether oxygens (including phenoxy) is 1. The number of nitrogens with one attached hydrogen (secondary N) is 1. The molecule has 2 nitrogen and oxygen atoms in total. The molecular formula is C13H16BrF2NO. The molecule has 0 spiro atoms. The Morgan fingerprint density at radius 1 is 1.44 bits per heavy atom. The van der Waals surface area contributed by atoms with Gasteiger partial charge in [0, 0.05) is 24.1 Å². The van der Waals surface area contributed by atoms with Crippen LogP contribution in [0.25, 0.3) is 0 Å². The first-order valence-corrected chi connectivity index (χ1v) is 6.72. The van der Waals surface area contributed by atoms with Crippen LogP contribution in [0.15, 0.2) is 16.6 Å². The van der Waals surface area contributed by atoms with Gasteiger partial charge in [-0.05, 0) is 48.0 Å². The molecule has 1 unspecified atom stereocenters. The summed E-state index contributed by atoms with van der Waals surface area (Å²) in [7, 11) is 1.84. The summed E-state index contributed by atoms with van der Waals surface area (Å²) in [4.78, 5) is 0. The van der Waals surface area contributed by atoms with Gasteiger partial charge < -0.3 is 10.1 Å². The van der Waals surface area contributed by atoms with Crippen molar-refractivity contribution in [2.75, 3.05) is 26.8 Å². The van der Waals surface area contributed by atoms with E-state index in [-0.39, 0.29) is 11.0 Å². The lowest BCUT2D eigenvalue weighted by Gasteiger charge is -2.27. The molecule has 1 heterocycles. The monoisotopic (exact) mass is 319 g/mol. The first kappa shape index (κ1) is 13.9. The Hall–Kier alpha value is -0.520. The van der Waals surface area contributed by atoms with Gasteiger partial charge in [0.15, 0.2) is 0 Å². The standard InChI is InChI=1S/C13H16BrF2NO/c1-17-7-13(4-5-18-8-13)6-9-11(15)3-2-10(14)12(9)16/h2-3,17H,4-8H2,1H3. The molecule has 1 aromatic carbocycles. The highest BCUT2D eigenvalue weighted by Gasteiger charge is 2.36. The zero-order valence-corrected chi connectivity index (χ0v) is 11.8. The van der Waals surface area contributed by atoms with E-state index in [1.807, 2.05) is 7.05 Å². The second-order valence-corrected chi connectivity index (χ2v) is 5.69. The highest BCUT2D eigenvalue weighted by molar-refractivity contribution is 9.10. The average Bonchev–Trinajstić information content (AvgIpc) is 2.79. The predicted octanol–water partition coefficient (Wildman–Crippen LogP) is 2.90. The van der Waals surface area contributed by atoms with E-state index in [2.05, 4.69) is 21.2 Å². The minimum atomic E-state index is -0.502. The van der Waals surface area contributed by atoms with Crippen molar-refractivity contribution in [3.05, 3.63) is 33.8 Å². The summed E-state index contributed by atoms with van der Waals surface area (Å²) in [6, 6.07) is 2.69. The Balaban J connectivity index is 2.29. The third kappa shape index (κ3) is 2.73. The molecule has 1 atom stereocenters. The van der Waals surface area contributed by atoms with Crippen molar-refractivity contribution in [3.63, 3.8) is 0 Å². The van der Waals surface area contributed by atoms with Gasteiger partial charge >= 0.3 is 0 Å². The lowest BCUT2D eigenvalue weighted by atomic mass is 9.80. The van der Waals surface area contributed by atoms with Crippen LogP contribution in [0.1, 0.15) is 12.0 Å². The van der Waals surface area contributed by atoms with Gasteiger partial charge in [0.25, 0.3) is 0 Å². The Morgan fingerprint density at radius 2 is 2.22 bits per heavy atom. The summed E-state index contributed by atoms with van der Waals surface area (Å²) in [5.74, 6) is -0.990. The van der Waals surface area contributed by atoms with Crippen LogP contribution in [0.2, 0.25) is 0 Å². The summed E-state index contributed by atoms with van der Waals surface area (Å²) < 4.78 is 33.5. The highest BCUT2D eigenvalue weighted by atomic mass is 79.9. The molecule has 1 aliphatic heterocycles. The Labute approximate surface area is 114 Å². The molecule has 1 aromatic rings. The van der Waals surface area contributed by atoms with Crippen LogP contribution in [0, 0.1) is 17.0 Å². The second-order valence-electron chi connectivity index (χ2n) is 4.83. The van der Waals surface area contributed by atoms with Gasteiger partial charge in [-0.2, -0.15) is 0 Å². The van der Waals surface area contributed by atoms with E-state index in [0.29, 0.717) is 30.7 Å². The number of hydrogen-bond donors (Lipinski definition) is 1. The molecule has 1 aliphatic rings. The molecule has 2 rings (SSSR count). The highest BCUT2D eigenvalue weighted by Crippen LogP contribution is 2.35. The van der Waals surface area contributed by atoms with Crippen molar-refractivity contribution in [1.29, 1.82) is 0 Å². The smallest absolute Gasteiger partial charge is 0.143 e. The van der Waals surface area contributed by atoms with Gasteiger partial charge in [-0.1, -0.05) is 0 Å². The summed E-state index contributed by atoms with van der Waals surface area (Å²) in [6.45, 7) is 1.89. The van der Waals surface area contributed by atoms with Crippen molar-refractivity contribution in [2.24, 2.45) is 5.41 Å². The summed E-state index contributed by atoms with van der Waals surface area (Å²) in [5.41, 5.74) is -0.0675. The fourth-order valence-electron chi connectivity index (χ4n) is 2.47. The SMILES string of the molecule is CNCC1(Cc2c(F)ccc(Br)c2F)CCOC1. The quantitative estimate of drug-likeness (QED) is 0.862. The van der Waals surface area contributed by atoms with Gasteiger partial charge in [-0.25, -0.2) is 8.78 Å². The van der Waals surface area contributed by atoms with Gasteiger partial charge in [0.2, 0.25) is 0 Å². The fourth-order valence-corrected chi connectivity index (χ4v) is 2.84. The molecular weight excluding hydrogens is 304 g/mol. The normalized spacial score (nSPS) is 23.6. The molecule has 0 aromatic heterocycles. The van der Waals surface area contributed by atoms with Crippen LogP contribution in [0.4, 0.5) is 8.78 Å². The van der Waals surface area contributed by atoms with Crippen molar-refractivity contribution >= 4 is 15.9 Å². The first-order valence-electron chi connectivity index (χ1n) is 5.93. The van der Waals surface area contributed by atoms with E-state index >= 15 is 0 Å². The van der Waals surface area contributed by atoms with E-state index in [1.54, 1.807) is 0 Å². The summed E-state index contributed by atoms with van der Waals surface area (Å²) in [6.07, 6.45) is 1.17.